The first-order valence-electron chi connectivity index (χ1n) is 17.3. The number of primary amides is 1. The number of fused-ring (bicyclic) bond motifs is 7. The lowest BCUT2D eigenvalue weighted by Gasteiger charge is -2.64. The van der Waals surface area contributed by atoms with Gasteiger partial charge in [-0.1, -0.05) is 53.2 Å². The van der Waals surface area contributed by atoms with Gasteiger partial charge in [-0.2, -0.15) is 5.26 Å². The Balaban J connectivity index is 1.30. The molecule has 0 saturated heterocycles. The second-order valence-corrected chi connectivity index (χ2v) is 17.0. The summed E-state index contributed by atoms with van der Waals surface area (Å²) in [7, 11) is 0. The number of allylic oxidation sites excluding steroid dienone is 4. The summed E-state index contributed by atoms with van der Waals surface area (Å²) in [5, 5.41) is 9.97. The molecule has 5 aliphatic carbocycles. The van der Waals surface area contributed by atoms with Crippen molar-refractivity contribution in [2.45, 2.75) is 86.5 Å². The zero-order valence-electron chi connectivity index (χ0n) is 28.8. The first-order chi connectivity index (χ1) is 22.5. The molecule has 250 valence electrons. The predicted octanol–water partition coefficient (Wildman–Crippen LogP) is 6.51. The Bertz CT molecular complexity index is 1890. The fraction of sp³-hybridized carbons (Fsp3) is 0.564. The number of nitrogens with zero attached hydrogens (tertiary/aromatic N) is 4. The molecule has 48 heavy (non-hydrogen) atoms. The number of pyridine rings is 1. The fourth-order valence-corrected chi connectivity index (χ4v) is 11.3. The fourth-order valence-electron chi connectivity index (χ4n) is 11.3. The number of aromatic nitrogens is 3. The number of hydrogen-bond acceptors (Lipinski definition) is 7. The number of carbonyl (C=O) groups is 4. The van der Waals surface area contributed by atoms with Crippen molar-refractivity contribution in [3.8, 4) is 17.5 Å². The SMILES string of the molecule is CC1(C)CC[C@]2(C(=O)n3cnc(-c4ncccc4C(N)=O)c3)CCC3[C@H](C(=O)C=C4[C@@]5(C)C=C(C#N)C(=O)C(C)(C)C5CC[C@]43C)C2C1. The van der Waals surface area contributed by atoms with Gasteiger partial charge in [0.1, 0.15) is 23.8 Å². The maximum atomic E-state index is 14.8. The minimum atomic E-state index is -0.739. The minimum Gasteiger partial charge on any atom is -0.366 e. The minimum absolute atomic E-state index is 0.0132. The molecule has 0 spiro atoms. The third kappa shape index (κ3) is 4.33. The first-order valence-corrected chi connectivity index (χ1v) is 17.3. The van der Waals surface area contributed by atoms with Crippen LogP contribution in [0.4, 0.5) is 0 Å². The van der Waals surface area contributed by atoms with Crippen LogP contribution in [0.15, 0.2) is 54.2 Å². The largest absolute Gasteiger partial charge is 0.366 e. The summed E-state index contributed by atoms with van der Waals surface area (Å²) in [4.78, 5) is 63.7. The number of carbonyl (C=O) groups excluding carboxylic acids is 4. The highest BCUT2D eigenvalue weighted by Crippen LogP contribution is 2.70. The number of amides is 1. The standard InChI is InChI=1S/C39H45N5O4/c1-35(2)13-14-39(34(48)44-20-26(43-21-44)31-23(33(41)47)8-7-15-42-31)12-9-24-30(25(39)18-35)27(45)16-29-37(24,5)11-10-28-36(3,4)32(46)22(19-40)17-38(28,29)6/h7-8,15-17,20-21,24-25,28,30H,9-14,18H2,1-6H3,(H2,41,47)/t24?,25?,28?,30-,37-,38-,39+/m0/s1. The van der Waals surface area contributed by atoms with Gasteiger partial charge in [-0.15, -0.1) is 0 Å². The number of imidazole rings is 1. The molecule has 0 radical (unpaired) electrons. The Morgan fingerprint density at radius 2 is 1.75 bits per heavy atom. The number of ketones is 2. The van der Waals surface area contributed by atoms with Crippen molar-refractivity contribution in [1.29, 1.82) is 5.26 Å². The van der Waals surface area contributed by atoms with Crippen LogP contribution in [0.5, 0.6) is 0 Å². The van der Waals surface area contributed by atoms with E-state index in [1.54, 1.807) is 24.5 Å². The molecule has 2 aromatic rings. The molecule has 3 unspecified atom stereocenters. The van der Waals surface area contributed by atoms with Gasteiger partial charge >= 0.3 is 0 Å². The molecule has 3 saturated carbocycles. The van der Waals surface area contributed by atoms with E-state index in [1.165, 1.54) is 10.9 Å². The monoisotopic (exact) mass is 647 g/mol. The van der Waals surface area contributed by atoms with Crippen molar-refractivity contribution in [3.63, 3.8) is 0 Å². The average molecular weight is 648 g/mol. The second-order valence-electron chi connectivity index (χ2n) is 17.0. The Labute approximate surface area is 282 Å². The molecule has 0 aliphatic heterocycles. The Kier molecular flexibility index (Phi) is 7.01. The van der Waals surface area contributed by atoms with Crippen molar-refractivity contribution in [3.05, 3.63) is 59.7 Å². The molecule has 7 atom stereocenters. The van der Waals surface area contributed by atoms with Crippen LogP contribution in [0.1, 0.15) is 102 Å². The Hall–Kier alpha value is -4.19. The highest BCUT2D eigenvalue weighted by Gasteiger charge is 2.67. The number of nitriles is 1. The van der Waals surface area contributed by atoms with Crippen LogP contribution in [0.25, 0.3) is 11.4 Å². The van der Waals surface area contributed by atoms with Gasteiger partial charge in [-0.3, -0.25) is 28.7 Å². The summed E-state index contributed by atoms with van der Waals surface area (Å²) in [6, 6.07) is 5.40. The molecule has 9 nitrogen and oxygen atoms in total. The lowest BCUT2D eigenvalue weighted by Crippen LogP contribution is -2.62. The van der Waals surface area contributed by atoms with E-state index in [2.05, 4.69) is 43.7 Å². The second kappa shape index (κ2) is 10.4. The van der Waals surface area contributed by atoms with Crippen molar-refractivity contribution in [1.82, 2.24) is 14.5 Å². The zero-order chi connectivity index (χ0) is 34.6. The number of Topliss-reactive ketones (excluding diaryl/α,β-unsaturated/α-hetero) is 1. The van der Waals surface area contributed by atoms with Crippen molar-refractivity contribution in [2.75, 3.05) is 0 Å². The van der Waals surface area contributed by atoms with Crippen LogP contribution in [0.3, 0.4) is 0 Å². The molecule has 5 aliphatic rings. The van der Waals surface area contributed by atoms with E-state index in [0.29, 0.717) is 24.2 Å². The van der Waals surface area contributed by atoms with Gasteiger partial charge in [-0.25, -0.2) is 4.98 Å². The van der Waals surface area contributed by atoms with Crippen LogP contribution >= 0.6 is 0 Å². The van der Waals surface area contributed by atoms with Crippen LogP contribution < -0.4 is 5.73 Å². The van der Waals surface area contributed by atoms with E-state index in [9.17, 15) is 24.4 Å². The van der Waals surface area contributed by atoms with Gasteiger partial charge in [-0.05, 0) is 91.7 Å². The van der Waals surface area contributed by atoms with Gasteiger partial charge in [0.2, 0.25) is 5.91 Å². The third-order valence-electron chi connectivity index (χ3n) is 13.6. The number of rotatable bonds is 3. The van der Waals surface area contributed by atoms with E-state index < -0.39 is 22.2 Å². The molecule has 0 bridgehead atoms. The summed E-state index contributed by atoms with van der Waals surface area (Å²) in [6.07, 6.45) is 13.8. The van der Waals surface area contributed by atoms with Gasteiger partial charge in [0.25, 0.3) is 5.91 Å². The summed E-state index contributed by atoms with van der Waals surface area (Å²) < 4.78 is 1.54. The smallest absolute Gasteiger partial charge is 0.250 e. The molecule has 9 heteroatoms. The molecule has 0 aromatic carbocycles. The third-order valence-corrected chi connectivity index (χ3v) is 13.6. The van der Waals surface area contributed by atoms with Crippen LogP contribution in [-0.4, -0.2) is 37.9 Å². The molecule has 2 aromatic heterocycles. The average Bonchev–Trinajstić information content (AvgIpc) is 3.53. The zero-order valence-corrected chi connectivity index (χ0v) is 28.8. The summed E-state index contributed by atoms with van der Waals surface area (Å²) in [6.45, 7) is 12.8. The van der Waals surface area contributed by atoms with Gasteiger partial charge in [0.05, 0.1) is 16.6 Å². The maximum absolute atomic E-state index is 14.8. The molecular formula is C39H45N5O4. The maximum Gasteiger partial charge on any atom is 0.250 e. The predicted molar refractivity (Wildman–Crippen MR) is 179 cm³/mol. The Morgan fingerprint density at radius 1 is 1.00 bits per heavy atom. The van der Waals surface area contributed by atoms with E-state index in [4.69, 9.17) is 5.73 Å². The molecule has 3 fully saturated rings. The molecular weight excluding hydrogens is 602 g/mol. The Morgan fingerprint density at radius 3 is 2.46 bits per heavy atom. The number of hydrogen-bond donors (Lipinski definition) is 1. The molecule has 7 rings (SSSR count). The quantitative estimate of drug-likeness (QED) is 0.399. The highest BCUT2D eigenvalue weighted by atomic mass is 16.2. The van der Waals surface area contributed by atoms with Gasteiger partial charge in [0, 0.05) is 29.1 Å². The van der Waals surface area contributed by atoms with Crippen molar-refractivity contribution < 1.29 is 19.2 Å². The van der Waals surface area contributed by atoms with Gasteiger partial charge < -0.3 is 5.73 Å². The number of nitrogens with two attached hydrogens (primary N) is 1. The summed E-state index contributed by atoms with van der Waals surface area (Å²) in [5.74, 6) is -1.15. The summed E-state index contributed by atoms with van der Waals surface area (Å²) >= 11 is 0. The van der Waals surface area contributed by atoms with Gasteiger partial charge in [0.15, 0.2) is 11.6 Å². The van der Waals surface area contributed by atoms with E-state index in [-0.39, 0.29) is 63.1 Å². The molecule has 2 heterocycles. The van der Waals surface area contributed by atoms with E-state index in [0.717, 1.165) is 37.7 Å². The van der Waals surface area contributed by atoms with Crippen LogP contribution in [-0.2, 0) is 9.59 Å². The molecule has 1 amide bonds. The van der Waals surface area contributed by atoms with E-state index >= 15 is 0 Å². The van der Waals surface area contributed by atoms with Crippen LogP contribution in [0.2, 0.25) is 0 Å². The summed E-state index contributed by atoms with van der Waals surface area (Å²) in [5.41, 5.74) is 5.44. The molecule has 2 N–H and O–H groups in total. The van der Waals surface area contributed by atoms with Crippen molar-refractivity contribution >= 4 is 23.4 Å². The highest BCUT2D eigenvalue weighted by molar-refractivity contribution is 6.05. The van der Waals surface area contributed by atoms with Crippen LogP contribution in [0, 0.1) is 62.1 Å². The lowest BCUT2D eigenvalue weighted by atomic mass is 9.38. The lowest BCUT2D eigenvalue weighted by molar-refractivity contribution is -0.143. The van der Waals surface area contributed by atoms with Crippen molar-refractivity contribution in [2.24, 2.45) is 56.5 Å². The normalized spacial score (nSPS) is 36.3. The topological polar surface area (TPSA) is 149 Å². The first kappa shape index (κ1) is 32.4. The van der Waals surface area contributed by atoms with E-state index in [1.807, 2.05) is 26.0 Å².